The molecule has 1 aromatic heterocycles. The summed E-state index contributed by atoms with van der Waals surface area (Å²) in [5.74, 6) is -0.800. The number of nitrogens with zero attached hydrogens (tertiary/aromatic N) is 3. The van der Waals surface area contributed by atoms with Gasteiger partial charge in [-0.3, -0.25) is 14.6 Å². The molecule has 1 unspecified atom stereocenters. The fourth-order valence-electron chi connectivity index (χ4n) is 2.67. The molecular formula is C19H19FN4O2. The van der Waals surface area contributed by atoms with Crippen LogP contribution >= 0.6 is 0 Å². The molecule has 1 aromatic carbocycles. The minimum absolute atomic E-state index is 0.159. The summed E-state index contributed by atoms with van der Waals surface area (Å²) >= 11 is 0. The second-order valence-corrected chi connectivity index (χ2v) is 6.10. The van der Waals surface area contributed by atoms with Gasteiger partial charge >= 0.3 is 0 Å². The summed E-state index contributed by atoms with van der Waals surface area (Å²) in [5.41, 5.74) is 1.99. The van der Waals surface area contributed by atoms with Gasteiger partial charge in [-0.2, -0.15) is 5.10 Å². The van der Waals surface area contributed by atoms with Gasteiger partial charge in [-0.25, -0.2) is 9.40 Å². The lowest BCUT2D eigenvalue weighted by atomic mass is 10.1. The highest BCUT2D eigenvalue weighted by Crippen LogP contribution is 2.16. The molecule has 1 N–H and O–H groups in total. The summed E-state index contributed by atoms with van der Waals surface area (Å²) in [7, 11) is 0. The second-order valence-electron chi connectivity index (χ2n) is 6.10. The first-order chi connectivity index (χ1) is 12.5. The van der Waals surface area contributed by atoms with Crippen molar-refractivity contribution in [2.24, 2.45) is 5.10 Å². The largest absolute Gasteiger partial charge is 0.344 e. The van der Waals surface area contributed by atoms with Crippen LogP contribution in [-0.2, 0) is 16.1 Å². The number of hydrazone groups is 1. The van der Waals surface area contributed by atoms with Gasteiger partial charge < -0.3 is 5.32 Å². The molecule has 0 fully saturated rings. The maximum absolute atomic E-state index is 13.0. The molecule has 2 heterocycles. The number of hydrogen-bond donors (Lipinski definition) is 1. The summed E-state index contributed by atoms with van der Waals surface area (Å²) in [6, 6.07) is 9.32. The van der Waals surface area contributed by atoms with E-state index >= 15 is 0 Å². The smallest absolute Gasteiger partial charge is 0.267 e. The van der Waals surface area contributed by atoms with Gasteiger partial charge in [0.25, 0.3) is 5.91 Å². The molecule has 2 amide bonds. The molecular weight excluding hydrogens is 335 g/mol. The van der Waals surface area contributed by atoms with Gasteiger partial charge in [0.05, 0.1) is 12.6 Å². The van der Waals surface area contributed by atoms with E-state index in [0.717, 1.165) is 11.1 Å². The molecule has 0 saturated heterocycles. The Morgan fingerprint density at radius 2 is 1.88 bits per heavy atom. The van der Waals surface area contributed by atoms with Crippen LogP contribution in [0.15, 0.2) is 53.9 Å². The number of hydrogen-bond acceptors (Lipinski definition) is 4. The Morgan fingerprint density at radius 1 is 1.19 bits per heavy atom. The van der Waals surface area contributed by atoms with Crippen LogP contribution in [0.25, 0.3) is 0 Å². The Bertz CT molecular complexity index is 821. The second kappa shape index (κ2) is 7.86. The molecule has 0 spiro atoms. The minimum atomic E-state index is -0.340. The van der Waals surface area contributed by atoms with Crippen molar-refractivity contribution in [3.63, 3.8) is 0 Å². The Balaban J connectivity index is 1.69. The van der Waals surface area contributed by atoms with Gasteiger partial charge in [0.1, 0.15) is 11.5 Å². The zero-order valence-corrected chi connectivity index (χ0v) is 14.4. The van der Waals surface area contributed by atoms with Crippen molar-refractivity contribution in [1.82, 2.24) is 15.3 Å². The molecule has 0 radical (unpaired) electrons. The Labute approximate surface area is 150 Å². The number of pyridine rings is 1. The first-order valence-corrected chi connectivity index (χ1v) is 8.36. The van der Waals surface area contributed by atoms with E-state index in [-0.39, 0.29) is 36.6 Å². The van der Waals surface area contributed by atoms with E-state index in [1.54, 1.807) is 24.5 Å². The van der Waals surface area contributed by atoms with Crippen molar-refractivity contribution in [3.8, 4) is 0 Å². The van der Waals surface area contributed by atoms with Crippen molar-refractivity contribution in [1.29, 1.82) is 0 Å². The molecule has 7 heteroatoms. The van der Waals surface area contributed by atoms with Crippen LogP contribution in [0.2, 0.25) is 0 Å². The van der Waals surface area contributed by atoms with E-state index in [4.69, 9.17) is 0 Å². The molecule has 0 aliphatic carbocycles. The zero-order valence-electron chi connectivity index (χ0n) is 14.4. The molecule has 134 valence electrons. The number of aromatic nitrogens is 1. The van der Waals surface area contributed by atoms with Crippen LogP contribution in [0.4, 0.5) is 4.39 Å². The number of nitrogens with one attached hydrogen (secondary N) is 1. The molecule has 1 atom stereocenters. The van der Waals surface area contributed by atoms with Crippen molar-refractivity contribution in [3.05, 3.63) is 65.7 Å². The molecule has 0 saturated carbocycles. The van der Waals surface area contributed by atoms with E-state index in [1.807, 2.05) is 19.1 Å². The third-order valence-electron chi connectivity index (χ3n) is 4.17. The van der Waals surface area contributed by atoms with Crippen LogP contribution < -0.4 is 5.32 Å². The predicted octanol–water partition coefficient (Wildman–Crippen LogP) is 2.58. The van der Waals surface area contributed by atoms with E-state index < -0.39 is 0 Å². The van der Waals surface area contributed by atoms with E-state index in [0.29, 0.717) is 12.1 Å². The highest BCUT2D eigenvalue weighted by atomic mass is 19.1. The third kappa shape index (κ3) is 4.30. The predicted molar refractivity (Wildman–Crippen MR) is 94.4 cm³/mol. The summed E-state index contributed by atoms with van der Waals surface area (Å²) in [4.78, 5) is 28.5. The van der Waals surface area contributed by atoms with E-state index in [2.05, 4.69) is 15.4 Å². The van der Waals surface area contributed by atoms with Crippen molar-refractivity contribution in [2.75, 3.05) is 0 Å². The standard InChI is InChI=1S/C19H19FN4O2/c1-13(15-8-10-21-11-9-15)22-19(26)17-6-7-18(25)24(23-17)12-14-2-4-16(20)5-3-14/h2-5,8-11,13H,6-7,12H2,1H3,(H,22,26). The van der Waals surface area contributed by atoms with Crippen LogP contribution in [-0.4, -0.2) is 27.5 Å². The Hall–Kier alpha value is -3.09. The lowest BCUT2D eigenvalue weighted by Crippen LogP contribution is -2.39. The molecule has 0 bridgehead atoms. The highest BCUT2D eigenvalue weighted by Gasteiger charge is 2.25. The molecule has 1 aliphatic rings. The normalized spacial score (nSPS) is 15.4. The SMILES string of the molecule is CC(NC(=O)C1=NN(Cc2ccc(F)cc2)C(=O)CC1)c1ccncc1. The van der Waals surface area contributed by atoms with Crippen LogP contribution in [0.1, 0.15) is 36.9 Å². The van der Waals surface area contributed by atoms with Gasteiger partial charge in [-0.15, -0.1) is 0 Å². The van der Waals surface area contributed by atoms with Crippen molar-refractivity contribution in [2.45, 2.75) is 32.4 Å². The number of benzene rings is 1. The molecule has 6 nitrogen and oxygen atoms in total. The summed E-state index contributed by atoms with van der Waals surface area (Å²) in [5, 5.41) is 8.36. The summed E-state index contributed by atoms with van der Waals surface area (Å²) in [6.07, 6.45) is 3.85. The fraction of sp³-hybridized carbons (Fsp3) is 0.263. The lowest BCUT2D eigenvalue weighted by Gasteiger charge is -2.24. The van der Waals surface area contributed by atoms with Crippen molar-refractivity contribution >= 4 is 17.5 Å². The molecule has 26 heavy (non-hydrogen) atoms. The summed E-state index contributed by atoms with van der Waals surface area (Å²) in [6.45, 7) is 2.08. The van der Waals surface area contributed by atoms with Gasteiger partial charge in [0, 0.05) is 25.2 Å². The molecule has 2 aromatic rings. The fourth-order valence-corrected chi connectivity index (χ4v) is 2.67. The Kier molecular flexibility index (Phi) is 5.36. The lowest BCUT2D eigenvalue weighted by molar-refractivity contribution is -0.132. The number of rotatable bonds is 5. The first kappa shape index (κ1) is 17.7. The van der Waals surface area contributed by atoms with Gasteiger partial charge in [0.15, 0.2) is 0 Å². The third-order valence-corrected chi connectivity index (χ3v) is 4.17. The Morgan fingerprint density at radius 3 is 2.58 bits per heavy atom. The maximum Gasteiger partial charge on any atom is 0.267 e. The van der Waals surface area contributed by atoms with E-state index in [9.17, 15) is 14.0 Å². The van der Waals surface area contributed by atoms with Gasteiger partial charge in [0.2, 0.25) is 5.91 Å². The number of halogens is 1. The zero-order chi connectivity index (χ0) is 18.5. The first-order valence-electron chi connectivity index (χ1n) is 8.36. The van der Waals surface area contributed by atoms with Crippen LogP contribution in [0.3, 0.4) is 0 Å². The van der Waals surface area contributed by atoms with Gasteiger partial charge in [-0.1, -0.05) is 12.1 Å². The van der Waals surface area contributed by atoms with Crippen LogP contribution in [0.5, 0.6) is 0 Å². The molecule has 3 rings (SSSR count). The van der Waals surface area contributed by atoms with Crippen LogP contribution in [0, 0.1) is 5.82 Å². The monoisotopic (exact) mass is 354 g/mol. The topological polar surface area (TPSA) is 74.7 Å². The average molecular weight is 354 g/mol. The quantitative estimate of drug-likeness (QED) is 0.897. The maximum atomic E-state index is 13.0. The van der Waals surface area contributed by atoms with E-state index in [1.165, 1.54) is 17.1 Å². The molecule has 1 aliphatic heterocycles. The number of amides is 2. The minimum Gasteiger partial charge on any atom is -0.344 e. The van der Waals surface area contributed by atoms with Crippen molar-refractivity contribution < 1.29 is 14.0 Å². The van der Waals surface area contributed by atoms with Gasteiger partial charge in [-0.05, 0) is 42.3 Å². The highest BCUT2D eigenvalue weighted by molar-refractivity contribution is 6.39. The number of carbonyl (C=O) groups is 2. The average Bonchev–Trinajstić information content (AvgIpc) is 2.66. The summed E-state index contributed by atoms with van der Waals surface area (Å²) < 4.78 is 13.0. The number of carbonyl (C=O) groups excluding carboxylic acids is 2.